The van der Waals surface area contributed by atoms with Gasteiger partial charge in [0.05, 0.1) is 16.1 Å². The number of rotatable bonds is 2. The summed E-state index contributed by atoms with van der Waals surface area (Å²) in [5.41, 5.74) is 0. The van der Waals surface area contributed by atoms with E-state index in [1.807, 2.05) is 0 Å². The predicted octanol–water partition coefficient (Wildman–Crippen LogP) is 2.19. The van der Waals surface area contributed by atoms with Gasteiger partial charge in [0.2, 0.25) is 0 Å². The molecule has 0 saturated carbocycles. The third-order valence-corrected chi connectivity index (χ3v) is 6.78. The molecule has 0 radical (unpaired) electrons. The fraction of sp³-hybridized carbons (Fsp3) is 0.500. The van der Waals surface area contributed by atoms with E-state index in [4.69, 9.17) is 0 Å². The van der Waals surface area contributed by atoms with Crippen LogP contribution in [0.3, 0.4) is 0 Å². The molecule has 0 aromatic heterocycles. The first-order valence-corrected chi connectivity index (χ1v) is 12.6. The molecule has 0 bridgehead atoms. The Bertz CT molecular complexity index is 401. The molecule has 2 N–H and O–H groups in total. The van der Waals surface area contributed by atoms with Crippen molar-refractivity contribution in [1.29, 1.82) is 0 Å². The monoisotopic (exact) mass is 254 g/mol. The van der Waals surface area contributed by atoms with E-state index in [-0.39, 0.29) is 11.5 Å². The van der Waals surface area contributed by atoms with Crippen LogP contribution in [0.1, 0.15) is 0 Å². The normalized spacial score (nSPS) is 12.9. The van der Waals surface area contributed by atoms with Crippen molar-refractivity contribution in [1.82, 2.24) is 0 Å². The van der Waals surface area contributed by atoms with E-state index in [0.29, 0.717) is 0 Å². The molecule has 0 saturated heterocycles. The van der Waals surface area contributed by atoms with Crippen molar-refractivity contribution in [2.45, 2.75) is 39.3 Å². The largest absolute Gasteiger partial charge is 0.504 e. The first-order chi connectivity index (χ1) is 7.03. The molecule has 0 aliphatic rings. The summed E-state index contributed by atoms with van der Waals surface area (Å²) in [4.78, 5) is 0. The zero-order chi connectivity index (χ0) is 12.7. The third kappa shape index (κ3) is 2.68. The lowest BCUT2D eigenvalue weighted by molar-refractivity contribution is 0.407. The number of hydrogen-bond donors (Lipinski definition) is 2. The lowest BCUT2D eigenvalue weighted by Gasteiger charge is -2.24. The van der Waals surface area contributed by atoms with E-state index in [0.717, 1.165) is 5.19 Å². The summed E-state index contributed by atoms with van der Waals surface area (Å²) >= 11 is 0. The Hall–Kier alpha value is -0.746. The maximum atomic E-state index is 9.92. The smallest absolute Gasteiger partial charge is 0.157 e. The maximum Gasteiger partial charge on any atom is 0.157 e. The fourth-order valence-electron chi connectivity index (χ4n) is 1.62. The van der Waals surface area contributed by atoms with Crippen molar-refractivity contribution < 1.29 is 10.2 Å². The Morgan fingerprint density at radius 3 is 1.69 bits per heavy atom. The number of phenolic OH excluding ortho intramolecular Hbond substituents is 2. The van der Waals surface area contributed by atoms with Gasteiger partial charge >= 0.3 is 0 Å². The summed E-state index contributed by atoms with van der Waals surface area (Å²) in [6.45, 7) is 13.3. The van der Waals surface area contributed by atoms with Gasteiger partial charge < -0.3 is 10.2 Å². The molecule has 0 unspecified atom stereocenters. The lowest BCUT2D eigenvalue weighted by atomic mass is 10.3. The van der Waals surface area contributed by atoms with E-state index in [9.17, 15) is 10.2 Å². The van der Waals surface area contributed by atoms with Gasteiger partial charge in [-0.15, -0.1) is 0 Å². The summed E-state index contributed by atoms with van der Waals surface area (Å²) in [5.74, 6) is 0.124. The summed E-state index contributed by atoms with van der Waals surface area (Å²) in [7, 11) is -3.05. The Morgan fingerprint density at radius 2 is 1.31 bits per heavy atom. The van der Waals surface area contributed by atoms with Crippen molar-refractivity contribution in [2.24, 2.45) is 0 Å². The summed E-state index contributed by atoms with van der Waals surface area (Å²) < 4.78 is 0. The minimum Gasteiger partial charge on any atom is -0.504 e. The van der Waals surface area contributed by atoms with Crippen LogP contribution in [-0.2, 0) is 0 Å². The van der Waals surface area contributed by atoms with Crippen molar-refractivity contribution >= 4 is 26.5 Å². The summed E-state index contributed by atoms with van der Waals surface area (Å²) in [6, 6.07) is 3.83. The molecular formula is C12H22O2Si2. The number of aromatic hydroxyl groups is 2. The van der Waals surface area contributed by atoms with Crippen molar-refractivity contribution in [3.8, 4) is 11.5 Å². The zero-order valence-corrected chi connectivity index (χ0v) is 13.0. The molecule has 90 valence electrons. The Morgan fingerprint density at radius 1 is 0.812 bits per heavy atom. The van der Waals surface area contributed by atoms with E-state index >= 15 is 0 Å². The van der Waals surface area contributed by atoms with Crippen LogP contribution in [-0.4, -0.2) is 26.4 Å². The lowest BCUT2D eigenvalue weighted by Crippen LogP contribution is -2.45. The molecule has 2 nitrogen and oxygen atoms in total. The molecule has 16 heavy (non-hydrogen) atoms. The van der Waals surface area contributed by atoms with Gasteiger partial charge in [0.25, 0.3) is 0 Å². The minimum absolute atomic E-state index is 0.0392. The highest BCUT2D eigenvalue weighted by Crippen LogP contribution is 2.24. The Balaban J connectivity index is 3.46. The van der Waals surface area contributed by atoms with Crippen LogP contribution < -0.4 is 10.4 Å². The van der Waals surface area contributed by atoms with Gasteiger partial charge in [-0.25, -0.2) is 0 Å². The average Bonchev–Trinajstić information content (AvgIpc) is 2.05. The molecule has 0 aliphatic heterocycles. The fourth-order valence-corrected chi connectivity index (χ4v) is 4.34. The molecule has 4 heteroatoms. The van der Waals surface area contributed by atoms with Crippen LogP contribution >= 0.6 is 0 Å². The molecule has 1 rings (SSSR count). The molecule has 0 aliphatic carbocycles. The highest BCUT2D eigenvalue weighted by atomic mass is 28.3. The molecule has 0 atom stereocenters. The van der Waals surface area contributed by atoms with Gasteiger partial charge in [0.15, 0.2) is 11.5 Å². The Labute approximate surface area is 100.0 Å². The van der Waals surface area contributed by atoms with Crippen molar-refractivity contribution in [3.05, 3.63) is 12.1 Å². The van der Waals surface area contributed by atoms with Crippen LogP contribution in [0.5, 0.6) is 11.5 Å². The molecule has 1 aromatic rings. The number of hydrogen-bond acceptors (Lipinski definition) is 2. The molecule has 0 heterocycles. The predicted molar refractivity (Wildman–Crippen MR) is 75.7 cm³/mol. The maximum absolute atomic E-state index is 9.92. The SMILES string of the molecule is C[Si](C)(C)c1cc(O)c(O)c([Si](C)(C)C)c1. The van der Waals surface area contributed by atoms with Gasteiger partial charge in [0.1, 0.15) is 0 Å². The van der Waals surface area contributed by atoms with E-state index in [1.165, 1.54) is 5.19 Å². The molecule has 0 spiro atoms. The third-order valence-electron chi connectivity index (χ3n) is 2.76. The van der Waals surface area contributed by atoms with Gasteiger partial charge in [-0.2, -0.15) is 0 Å². The van der Waals surface area contributed by atoms with Gasteiger partial charge in [-0.05, 0) is 11.3 Å². The van der Waals surface area contributed by atoms with E-state index < -0.39 is 16.1 Å². The highest BCUT2D eigenvalue weighted by molar-refractivity contribution is 6.92. The van der Waals surface area contributed by atoms with Crippen molar-refractivity contribution in [2.75, 3.05) is 0 Å². The second-order valence-corrected chi connectivity index (χ2v) is 16.5. The summed E-state index contributed by atoms with van der Waals surface area (Å²) in [5, 5.41) is 21.9. The summed E-state index contributed by atoms with van der Waals surface area (Å²) in [6.07, 6.45) is 0. The van der Waals surface area contributed by atoms with Crippen LogP contribution in [0, 0.1) is 0 Å². The number of benzene rings is 1. The molecular weight excluding hydrogens is 232 g/mol. The number of phenols is 2. The quantitative estimate of drug-likeness (QED) is 0.627. The van der Waals surface area contributed by atoms with Crippen LogP contribution in [0.2, 0.25) is 39.3 Å². The first kappa shape index (κ1) is 13.3. The minimum atomic E-state index is -1.61. The van der Waals surface area contributed by atoms with E-state index in [2.05, 4.69) is 45.3 Å². The molecule has 1 aromatic carbocycles. The van der Waals surface area contributed by atoms with Gasteiger partial charge in [-0.1, -0.05) is 50.5 Å². The average molecular weight is 254 g/mol. The van der Waals surface area contributed by atoms with Gasteiger partial charge in [-0.3, -0.25) is 0 Å². The molecule has 0 amide bonds. The second-order valence-electron chi connectivity index (χ2n) is 6.39. The highest BCUT2D eigenvalue weighted by Gasteiger charge is 2.26. The first-order valence-electron chi connectivity index (χ1n) is 5.60. The second kappa shape index (κ2) is 3.93. The zero-order valence-electron chi connectivity index (χ0n) is 11.0. The van der Waals surface area contributed by atoms with Gasteiger partial charge in [0, 0.05) is 0 Å². The van der Waals surface area contributed by atoms with Crippen LogP contribution in [0.4, 0.5) is 0 Å². The Kier molecular flexibility index (Phi) is 3.27. The van der Waals surface area contributed by atoms with E-state index in [1.54, 1.807) is 6.07 Å². The van der Waals surface area contributed by atoms with Crippen LogP contribution in [0.15, 0.2) is 12.1 Å². The topological polar surface area (TPSA) is 40.5 Å². The van der Waals surface area contributed by atoms with Crippen molar-refractivity contribution in [3.63, 3.8) is 0 Å². The standard InChI is InChI=1S/C12H22O2Si2/c1-15(2,3)9-7-10(13)12(14)11(8-9)16(4,5)6/h7-8,13-14H,1-6H3. The molecule has 0 fully saturated rings. The van der Waals surface area contributed by atoms with Crippen LogP contribution in [0.25, 0.3) is 0 Å².